The van der Waals surface area contributed by atoms with Gasteiger partial charge in [-0.15, -0.1) is 0 Å². The van der Waals surface area contributed by atoms with Gasteiger partial charge in [-0.2, -0.15) is 0 Å². The van der Waals surface area contributed by atoms with Crippen LogP contribution in [0.4, 0.5) is 0 Å². The Bertz CT molecular complexity index is 986. The van der Waals surface area contributed by atoms with Crippen molar-refractivity contribution in [1.29, 1.82) is 0 Å². The van der Waals surface area contributed by atoms with Crippen molar-refractivity contribution < 1.29 is 46.8 Å². The Labute approximate surface area is 242 Å². The molecule has 0 amide bonds. The number of phenolic OH excluding ortho intramolecular Hbond substituents is 2. The summed E-state index contributed by atoms with van der Waals surface area (Å²) in [7, 11) is 0. The zero-order chi connectivity index (χ0) is 28.5. The van der Waals surface area contributed by atoms with E-state index < -0.39 is 11.9 Å². The second-order valence-corrected chi connectivity index (χ2v) is 9.29. The molecule has 9 heteroatoms. The summed E-state index contributed by atoms with van der Waals surface area (Å²) in [6.45, 7) is 6.26. The average molecular weight is 584 g/mol. The van der Waals surface area contributed by atoms with Gasteiger partial charge in [0, 0.05) is 35.5 Å². The molecule has 0 bridgehead atoms. The number of nitrogens with zero attached hydrogens (tertiary/aromatic N) is 2. The predicted octanol–water partition coefficient (Wildman–Crippen LogP) is 3.36. The Balaban J connectivity index is 0.00000142. The molecule has 2 N–H and O–H groups in total. The van der Waals surface area contributed by atoms with Crippen molar-refractivity contribution in [3.05, 3.63) is 58.7 Å². The fourth-order valence-electron chi connectivity index (χ4n) is 4.03. The molecule has 215 valence electrons. The third-order valence-electron chi connectivity index (χ3n) is 5.78. The molecule has 2 aromatic rings. The first-order valence-corrected chi connectivity index (χ1v) is 13.1. The number of hydrogen-bond donors (Lipinski definition) is 2. The molecule has 1 aliphatic carbocycles. The van der Waals surface area contributed by atoms with Crippen LogP contribution in [0.5, 0.6) is 11.5 Å². The van der Waals surface area contributed by atoms with Gasteiger partial charge in [-0.25, -0.2) is 0 Å². The van der Waals surface area contributed by atoms with Crippen LogP contribution in [0.1, 0.15) is 88.5 Å². The molecule has 0 heterocycles. The SMILES string of the molecule is CC(=O)[O-].CC(=O)[O-].CCCc1ccc(O)c(C=NC2CCC(N=Cc3cc(CCC)ccc3O)CC2)c1.[Co+2]. The Hall–Kier alpha value is -3.17. The van der Waals surface area contributed by atoms with Crippen LogP contribution in [0.2, 0.25) is 0 Å². The van der Waals surface area contributed by atoms with Crippen LogP contribution in [-0.2, 0) is 39.2 Å². The Morgan fingerprint density at radius 1 is 0.769 bits per heavy atom. The Morgan fingerprint density at radius 2 is 1.08 bits per heavy atom. The molecule has 0 spiro atoms. The number of phenols is 2. The van der Waals surface area contributed by atoms with Crippen LogP contribution < -0.4 is 10.2 Å². The topological polar surface area (TPSA) is 145 Å². The molecule has 1 fully saturated rings. The first-order chi connectivity index (χ1) is 18.0. The minimum Gasteiger partial charge on any atom is -0.550 e. The molecule has 1 radical (unpaired) electrons. The van der Waals surface area contributed by atoms with Crippen LogP contribution in [0.15, 0.2) is 46.4 Å². The van der Waals surface area contributed by atoms with E-state index in [4.69, 9.17) is 29.8 Å². The molecule has 8 nitrogen and oxygen atoms in total. The van der Waals surface area contributed by atoms with Gasteiger partial charge >= 0.3 is 16.8 Å². The van der Waals surface area contributed by atoms with Crippen LogP contribution >= 0.6 is 0 Å². The van der Waals surface area contributed by atoms with Crippen molar-refractivity contribution in [3.63, 3.8) is 0 Å². The van der Waals surface area contributed by atoms with Crippen LogP contribution in [0, 0.1) is 0 Å². The molecule has 3 rings (SSSR count). The summed E-state index contributed by atoms with van der Waals surface area (Å²) in [6, 6.07) is 12.1. The quantitative estimate of drug-likeness (QED) is 0.456. The number of carbonyl (C=O) groups is 2. The second kappa shape index (κ2) is 19.8. The van der Waals surface area contributed by atoms with E-state index in [1.807, 2.05) is 36.7 Å². The third kappa shape index (κ3) is 15.7. The summed E-state index contributed by atoms with van der Waals surface area (Å²) in [4.78, 5) is 27.3. The maximum absolute atomic E-state index is 10.1. The Kier molecular flexibility index (Phi) is 18.2. The number of carbonyl (C=O) groups excluding carboxylic acids is 2. The summed E-state index contributed by atoms with van der Waals surface area (Å²) in [6.07, 6.45) is 11.9. The molecule has 0 unspecified atom stereocenters. The zero-order valence-corrected chi connectivity index (χ0v) is 24.2. The van der Waals surface area contributed by atoms with Gasteiger partial charge in [-0.1, -0.05) is 38.8 Å². The van der Waals surface area contributed by atoms with Gasteiger partial charge in [-0.3, -0.25) is 9.98 Å². The van der Waals surface area contributed by atoms with E-state index in [9.17, 15) is 10.2 Å². The predicted molar refractivity (Wildman–Crippen MR) is 147 cm³/mol. The van der Waals surface area contributed by atoms with Crippen molar-refractivity contribution in [2.75, 3.05) is 0 Å². The number of carboxylic acid groups (broad SMARTS) is 2. The Morgan fingerprint density at radius 3 is 1.36 bits per heavy atom. The van der Waals surface area contributed by atoms with Gasteiger partial charge in [0.1, 0.15) is 11.5 Å². The fourth-order valence-corrected chi connectivity index (χ4v) is 4.03. The van der Waals surface area contributed by atoms with Gasteiger partial charge in [0.05, 0.1) is 12.1 Å². The minimum absolute atomic E-state index is 0. The van der Waals surface area contributed by atoms with Gasteiger partial charge in [0.25, 0.3) is 0 Å². The zero-order valence-electron chi connectivity index (χ0n) is 23.2. The van der Waals surface area contributed by atoms with Gasteiger partial charge in [0.2, 0.25) is 0 Å². The summed E-state index contributed by atoms with van der Waals surface area (Å²) in [5.41, 5.74) is 4.09. The normalized spacial score (nSPS) is 16.4. The van der Waals surface area contributed by atoms with E-state index in [-0.39, 0.29) is 28.9 Å². The van der Waals surface area contributed by atoms with Gasteiger partial charge in [-0.05, 0) is 87.8 Å². The first-order valence-electron chi connectivity index (χ1n) is 13.1. The van der Waals surface area contributed by atoms with E-state index >= 15 is 0 Å². The largest absolute Gasteiger partial charge is 2.00 e. The van der Waals surface area contributed by atoms with Crippen LogP contribution in [0.25, 0.3) is 0 Å². The van der Waals surface area contributed by atoms with Gasteiger partial charge < -0.3 is 30.0 Å². The standard InChI is InChI=1S/C26H34N2O2.2C2H4O2.Co/c1-3-5-19-7-13-25(29)21(15-19)17-27-23-9-11-24(12-10-23)28-18-22-16-20(6-4-2)8-14-26(22)30;2*1-2(3)4;/h7-8,13-18,23-24,29-30H,3-6,9-12H2,1-2H3;2*1H3,(H,3,4);/q;;;+2/p-2. The number of rotatable bonds is 8. The molecule has 0 atom stereocenters. The number of aryl methyl sites for hydroxylation is 2. The molecule has 0 aliphatic heterocycles. The van der Waals surface area contributed by atoms with Crippen molar-refractivity contribution in [3.8, 4) is 11.5 Å². The molecule has 0 saturated heterocycles. The van der Waals surface area contributed by atoms with Crippen LogP contribution in [-0.4, -0.2) is 46.7 Å². The molecular formula is C30H40CoN2O6. The minimum atomic E-state index is -1.08. The number of hydrogen-bond acceptors (Lipinski definition) is 8. The molecule has 39 heavy (non-hydrogen) atoms. The van der Waals surface area contributed by atoms with Crippen molar-refractivity contribution in [2.45, 2.75) is 91.1 Å². The number of aliphatic imine (C=N–C) groups is 2. The van der Waals surface area contributed by atoms with E-state index in [1.54, 1.807) is 12.1 Å². The van der Waals surface area contributed by atoms with Crippen LogP contribution in [0.3, 0.4) is 0 Å². The summed E-state index contributed by atoms with van der Waals surface area (Å²) < 4.78 is 0. The van der Waals surface area contributed by atoms with Crippen molar-refractivity contribution in [2.24, 2.45) is 9.98 Å². The summed E-state index contributed by atoms with van der Waals surface area (Å²) >= 11 is 0. The molecule has 0 aromatic heterocycles. The van der Waals surface area contributed by atoms with E-state index in [0.717, 1.165) is 76.3 Å². The maximum atomic E-state index is 10.1. The van der Waals surface area contributed by atoms with E-state index in [1.165, 1.54) is 11.1 Å². The maximum Gasteiger partial charge on any atom is 2.00 e. The van der Waals surface area contributed by atoms with Crippen molar-refractivity contribution in [1.82, 2.24) is 0 Å². The van der Waals surface area contributed by atoms with E-state index in [2.05, 4.69) is 13.8 Å². The smallest absolute Gasteiger partial charge is 0.550 e. The monoisotopic (exact) mass is 583 g/mol. The van der Waals surface area contributed by atoms with Crippen molar-refractivity contribution >= 4 is 24.4 Å². The molecule has 1 saturated carbocycles. The third-order valence-corrected chi connectivity index (χ3v) is 5.78. The summed E-state index contributed by atoms with van der Waals surface area (Å²) in [5, 5.41) is 38.0. The number of aliphatic carboxylic acids is 2. The number of carboxylic acids is 2. The second-order valence-electron chi connectivity index (χ2n) is 9.29. The first kappa shape index (κ1) is 35.8. The molecule has 1 aliphatic rings. The molecular weight excluding hydrogens is 543 g/mol. The number of aromatic hydroxyl groups is 2. The summed E-state index contributed by atoms with van der Waals surface area (Å²) in [5.74, 6) is -1.58. The number of benzene rings is 2. The van der Waals surface area contributed by atoms with Gasteiger partial charge in [0.15, 0.2) is 0 Å². The molecule has 2 aromatic carbocycles. The van der Waals surface area contributed by atoms with E-state index in [0.29, 0.717) is 11.5 Å². The fraction of sp³-hybridized carbons (Fsp3) is 0.467. The average Bonchev–Trinajstić information content (AvgIpc) is 2.85.